The highest BCUT2D eigenvalue weighted by Crippen LogP contribution is 2.30. The summed E-state index contributed by atoms with van der Waals surface area (Å²) in [6.45, 7) is 2.95. The predicted molar refractivity (Wildman–Crippen MR) is 61.0 cm³/mol. The van der Waals surface area contributed by atoms with Crippen molar-refractivity contribution in [2.45, 2.75) is 44.4 Å². The first-order chi connectivity index (χ1) is 7.71. The van der Waals surface area contributed by atoms with Crippen LogP contribution >= 0.6 is 0 Å². The van der Waals surface area contributed by atoms with Crippen LogP contribution in [0.5, 0.6) is 0 Å². The minimum atomic E-state index is -4.06. The third kappa shape index (κ3) is 3.78. The first-order valence-corrected chi connectivity index (χ1v) is 6.99. The number of Topliss-reactive ketones (excluding diaryl/α,β-unsaturated/α-hetero) is 1. The largest absolute Gasteiger partial charge is 0.346 e. The van der Waals surface area contributed by atoms with E-state index in [1.54, 1.807) is 6.92 Å². The molecule has 0 radical (unpaired) electrons. The van der Waals surface area contributed by atoms with Crippen LogP contribution in [0.15, 0.2) is 0 Å². The lowest BCUT2D eigenvalue weighted by Gasteiger charge is -2.14. The molecule has 0 aromatic heterocycles. The third-order valence-electron chi connectivity index (χ3n) is 3.15. The summed E-state index contributed by atoms with van der Waals surface area (Å²) in [7, 11) is -4.06. The molecule has 1 aliphatic rings. The topological polar surface area (TPSA) is 101 Å². The van der Waals surface area contributed by atoms with Crippen molar-refractivity contribution >= 4 is 21.8 Å². The Kier molecular flexibility index (Phi) is 4.26. The number of nitrogens with one attached hydrogen (secondary N) is 1. The number of amides is 1. The van der Waals surface area contributed by atoms with Crippen LogP contribution < -0.4 is 5.32 Å². The number of hydrogen-bond acceptors (Lipinski definition) is 4. The fraction of sp³-hybridized carbons (Fsp3) is 0.800. The zero-order chi connectivity index (χ0) is 13.2. The van der Waals surface area contributed by atoms with Crippen LogP contribution in [0, 0.1) is 5.92 Å². The van der Waals surface area contributed by atoms with Crippen LogP contribution in [-0.2, 0) is 19.7 Å². The van der Waals surface area contributed by atoms with Crippen molar-refractivity contribution in [1.82, 2.24) is 5.32 Å². The van der Waals surface area contributed by atoms with E-state index in [2.05, 4.69) is 5.32 Å². The van der Waals surface area contributed by atoms with Crippen molar-refractivity contribution in [2.24, 2.45) is 5.92 Å². The van der Waals surface area contributed by atoms with E-state index < -0.39 is 27.3 Å². The van der Waals surface area contributed by atoms with Gasteiger partial charge in [0.15, 0.2) is 5.78 Å². The molecule has 1 aliphatic carbocycles. The van der Waals surface area contributed by atoms with E-state index in [1.807, 2.05) is 0 Å². The van der Waals surface area contributed by atoms with E-state index in [1.165, 1.54) is 6.92 Å². The predicted octanol–water partition coefficient (Wildman–Crippen LogP) is 0.137. The van der Waals surface area contributed by atoms with Crippen LogP contribution in [0.25, 0.3) is 0 Å². The fourth-order valence-electron chi connectivity index (χ4n) is 1.88. The highest BCUT2D eigenvalue weighted by Gasteiger charge is 2.36. The molecule has 1 fully saturated rings. The van der Waals surface area contributed by atoms with Gasteiger partial charge in [-0.2, -0.15) is 8.42 Å². The Morgan fingerprint density at radius 2 is 1.94 bits per heavy atom. The van der Waals surface area contributed by atoms with Gasteiger partial charge >= 0.3 is 0 Å². The SMILES string of the molecule is CC(=O)[C@H](C)NC(=O)C1CCC(S(=O)(=O)O)C1. The van der Waals surface area contributed by atoms with Crippen molar-refractivity contribution < 1.29 is 22.6 Å². The second-order valence-electron chi connectivity index (χ2n) is 4.49. The van der Waals surface area contributed by atoms with Crippen molar-refractivity contribution in [3.05, 3.63) is 0 Å². The maximum atomic E-state index is 11.7. The standard InChI is InChI=1S/C10H17NO5S/c1-6(7(2)12)11-10(13)8-3-4-9(5-8)17(14,15)16/h6,8-9H,3-5H2,1-2H3,(H,11,13)(H,14,15,16)/t6-,8?,9?/m0/s1. The molecule has 0 heterocycles. The lowest BCUT2D eigenvalue weighted by atomic mass is 10.1. The second kappa shape index (κ2) is 5.14. The summed E-state index contributed by atoms with van der Waals surface area (Å²) < 4.78 is 30.7. The molecule has 0 bridgehead atoms. The summed E-state index contributed by atoms with van der Waals surface area (Å²) in [6, 6.07) is -0.563. The van der Waals surface area contributed by atoms with Gasteiger partial charge in [0, 0.05) is 5.92 Å². The fourth-order valence-corrected chi connectivity index (χ4v) is 2.79. The Bertz CT molecular complexity index is 416. The molecule has 0 aromatic rings. The highest BCUT2D eigenvalue weighted by atomic mass is 32.2. The average molecular weight is 263 g/mol. The first-order valence-electron chi connectivity index (χ1n) is 5.49. The molecule has 1 rings (SSSR count). The average Bonchev–Trinajstić information content (AvgIpc) is 2.65. The van der Waals surface area contributed by atoms with Crippen LogP contribution in [0.4, 0.5) is 0 Å². The van der Waals surface area contributed by atoms with Gasteiger partial charge in [-0.1, -0.05) is 0 Å². The third-order valence-corrected chi connectivity index (χ3v) is 4.42. The molecular formula is C10H17NO5S. The van der Waals surface area contributed by atoms with Crippen molar-refractivity contribution in [2.75, 3.05) is 0 Å². The summed E-state index contributed by atoms with van der Waals surface area (Å²) in [5, 5.41) is 1.67. The summed E-state index contributed by atoms with van der Waals surface area (Å²) in [6.07, 6.45) is 0.821. The molecule has 0 aliphatic heterocycles. The molecule has 0 aromatic carbocycles. The molecule has 98 valence electrons. The van der Waals surface area contributed by atoms with E-state index in [9.17, 15) is 18.0 Å². The number of rotatable bonds is 4. The molecule has 7 heteroatoms. The number of carbonyl (C=O) groups excluding carboxylic acids is 2. The molecular weight excluding hydrogens is 246 g/mol. The normalized spacial score (nSPS) is 26.5. The summed E-state index contributed by atoms with van der Waals surface area (Å²) in [4.78, 5) is 22.7. The van der Waals surface area contributed by atoms with E-state index >= 15 is 0 Å². The van der Waals surface area contributed by atoms with E-state index in [0.717, 1.165) is 0 Å². The monoisotopic (exact) mass is 263 g/mol. The Morgan fingerprint density at radius 3 is 2.35 bits per heavy atom. The van der Waals surface area contributed by atoms with Gasteiger partial charge in [0.05, 0.1) is 11.3 Å². The first kappa shape index (κ1) is 14.1. The zero-order valence-corrected chi connectivity index (χ0v) is 10.7. The lowest BCUT2D eigenvalue weighted by Crippen LogP contribution is -2.40. The molecule has 2 unspecified atom stereocenters. The summed E-state index contributed by atoms with van der Waals surface area (Å²) >= 11 is 0. The second-order valence-corrected chi connectivity index (χ2v) is 6.18. The van der Waals surface area contributed by atoms with Gasteiger partial charge < -0.3 is 5.32 Å². The van der Waals surface area contributed by atoms with Gasteiger partial charge in [0.25, 0.3) is 10.1 Å². The quantitative estimate of drug-likeness (QED) is 0.702. The molecule has 0 saturated heterocycles. The van der Waals surface area contributed by atoms with Crippen LogP contribution in [0.3, 0.4) is 0 Å². The van der Waals surface area contributed by atoms with Crippen LogP contribution in [0.1, 0.15) is 33.1 Å². The Hall–Kier alpha value is -0.950. The summed E-state index contributed by atoms with van der Waals surface area (Å²) in [5.74, 6) is -0.912. The molecule has 1 saturated carbocycles. The van der Waals surface area contributed by atoms with Crippen molar-refractivity contribution in [3.63, 3.8) is 0 Å². The molecule has 3 atom stereocenters. The van der Waals surface area contributed by atoms with E-state index in [4.69, 9.17) is 4.55 Å². The maximum absolute atomic E-state index is 11.7. The van der Waals surface area contributed by atoms with Crippen molar-refractivity contribution in [3.8, 4) is 0 Å². The maximum Gasteiger partial charge on any atom is 0.267 e. The van der Waals surface area contributed by atoms with Crippen molar-refractivity contribution in [1.29, 1.82) is 0 Å². The van der Waals surface area contributed by atoms with E-state index in [-0.39, 0.29) is 24.5 Å². The van der Waals surface area contributed by atoms with Gasteiger partial charge in [0.1, 0.15) is 0 Å². The van der Waals surface area contributed by atoms with Crippen LogP contribution in [-0.4, -0.2) is 36.0 Å². The Balaban J connectivity index is 2.55. The van der Waals surface area contributed by atoms with Crippen LogP contribution in [0.2, 0.25) is 0 Å². The zero-order valence-electron chi connectivity index (χ0n) is 9.84. The molecule has 1 amide bonds. The number of hydrogen-bond donors (Lipinski definition) is 2. The molecule has 2 N–H and O–H groups in total. The Morgan fingerprint density at radius 1 is 1.35 bits per heavy atom. The number of ketones is 1. The lowest BCUT2D eigenvalue weighted by molar-refractivity contribution is -0.129. The van der Waals surface area contributed by atoms with Gasteiger partial charge in [-0.05, 0) is 33.1 Å². The number of carbonyl (C=O) groups is 2. The van der Waals surface area contributed by atoms with Gasteiger partial charge in [-0.15, -0.1) is 0 Å². The smallest absolute Gasteiger partial charge is 0.267 e. The summed E-state index contributed by atoms with van der Waals surface area (Å²) in [5.41, 5.74) is 0. The van der Waals surface area contributed by atoms with Gasteiger partial charge in [0.2, 0.25) is 5.91 Å². The van der Waals surface area contributed by atoms with Gasteiger partial charge in [-0.25, -0.2) is 0 Å². The minimum Gasteiger partial charge on any atom is -0.346 e. The van der Waals surface area contributed by atoms with E-state index in [0.29, 0.717) is 6.42 Å². The molecule has 6 nitrogen and oxygen atoms in total. The molecule has 0 spiro atoms. The Labute approximate surface area is 101 Å². The molecule has 17 heavy (non-hydrogen) atoms. The van der Waals surface area contributed by atoms with Gasteiger partial charge in [-0.3, -0.25) is 14.1 Å². The minimum absolute atomic E-state index is 0.120. The highest BCUT2D eigenvalue weighted by molar-refractivity contribution is 7.86.